The number of hydrogen-bond donors (Lipinski definition) is 1. The van der Waals surface area contributed by atoms with E-state index in [1.54, 1.807) is 0 Å². The van der Waals surface area contributed by atoms with Crippen molar-refractivity contribution in [2.24, 2.45) is 0 Å². The van der Waals surface area contributed by atoms with Gasteiger partial charge < -0.3 is 10.2 Å². The van der Waals surface area contributed by atoms with Crippen molar-refractivity contribution in [1.29, 1.82) is 0 Å². The number of rotatable bonds is 5. The van der Waals surface area contributed by atoms with Gasteiger partial charge in [-0.25, -0.2) is 0 Å². The first-order chi connectivity index (χ1) is 11.5. The molecule has 5 nitrogen and oxygen atoms in total. The zero-order valence-corrected chi connectivity index (χ0v) is 14.7. The van der Waals surface area contributed by atoms with E-state index in [1.165, 1.54) is 5.56 Å². The molecule has 0 aliphatic carbocycles. The Hall–Kier alpha value is -2.30. The lowest BCUT2D eigenvalue weighted by Gasteiger charge is -2.22. The highest BCUT2D eigenvalue weighted by molar-refractivity contribution is 5.84. The summed E-state index contributed by atoms with van der Waals surface area (Å²) in [5, 5.41) is 7.86. The quantitative estimate of drug-likeness (QED) is 0.919. The van der Waals surface area contributed by atoms with Gasteiger partial charge in [-0.3, -0.25) is 9.48 Å². The van der Waals surface area contributed by atoms with E-state index < -0.39 is 0 Å². The molecule has 1 fully saturated rings. The Balaban J connectivity index is 1.66. The third-order valence-electron chi connectivity index (χ3n) is 4.53. The van der Waals surface area contributed by atoms with Crippen molar-refractivity contribution in [3.63, 3.8) is 0 Å². The summed E-state index contributed by atoms with van der Waals surface area (Å²) in [5.41, 5.74) is 4.34. The van der Waals surface area contributed by atoms with Crippen LogP contribution in [0.15, 0.2) is 30.3 Å². The molecule has 1 aliphatic rings. The van der Waals surface area contributed by atoms with Crippen molar-refractivity contribution >= 4 is 11.6 Å². The van der Waals surface area contributed by atoms with E-state index in [4.69, 9.17) is 0 Å². The second-order valence-electron chi connectivity index (χ2n) is 6.68. The molecule has 1 N–H and O–H groups in total. The number of aromatic nitrogens is 2. The molecule has 1 aromatic carbocycles. The predicted octanol–water partition coefficient (Wildman–Crippen LogP) is 2.97. The zero-order chi connectivity index (χ0) is 17.1. The fourth-order valence-corrected chi connectivity index (χ4v) is 3.29. The molecular formula is C19H26N4O. The molecule has 1 amide bonds. The van der Waals surface area contributed by atoms with Crippen LogP contribution in [0.4, 0.5) is 5.69 Å². The van der Waals surface area contributed by atoms with Gasteiger partial charge in [-0.2, -0.15) is 5.10 Å². The Kier molecular flexibility index (Phi) is 4.88. The Morgan fingerprint density at radius 1 is 1.25 bits per heavy atom. The number of likely N-dealkylation sites (tertiary alicyclic amines) is 1. The van der Waals surface area contributed by atoms with Gasteiger partial charge in [0.25, 0.3) is 0 Å². The summed E-state index contributed by atoms with van der Waals surface area (Å²) in [7, 11) is 0. The summed E-state index contributed by atoms with van der Waals surface area (Å²) in [5.74, 6) is 0.191. The number of nitrogens with one attached hydrogen (secondary N) is 1. The van der Waals surface area contributed by atoms with Crippen LogP contribution in [0.1, 0.15) is 36.7 Å². The molecule has 24 heavy (non-hydrogen) atoms. The average molecular weight is 326 g/mol. The fourth-order valence-electron chi connectivity index (χ4n) is 3.29. The number of benzene rings is 1. The number of hydrogen-bond acceptors (Lipinski definition) is 3. The standard InChI is InChI=1S/C19H26N4O/c1-14-11-15(2)23(21-14)13-17-7-6-8-18(12-17)20-16(3)19(24)22-9-4-5-10-22/h6-8,11-12,16,20H,4-5,9-10,13H2,1-3H3/t16-/m1/s1. The third kappa shape index (κ3) is 3.78. The number of anilines is 1. The fraction of sp³-hybridized carbons (Fsp3) is 0.474. The molecule has 1 atom stereocenters. The van der Waals surface area contributed by atoms with Gasteiger partial charge in [0.2, 0.25) is 5.91 Å². The zero-order valence-electron chi connectivity index (χ0n) is 14.7. The molecule has 128 valence electrons. The van der Waals surface area contributed by atoms with Gasteiger partial charge >= 0.3 is 0 Å². The predicted molar refractivity (Wildman–Crippen MR) is 96.1 cm³/mol. The van der Waals surface area contributed by atoms with Gasteiger partial charge in [0, 0.05) is 24.5 Å². The lowest BCUT2D eigenvalue weighted by atomic mass is 10.1. The Morgan fingerprint density at radius 2 is 2.00 bits per heavy atom. The summed E-state index contributed by atoms with van der Waals surface area (Å²) in [6.45, 7) is 8.54. The molecular weight excluding hydrogens is 300 g/mol. The Morgan fingerprint density at radius 3 is 2.67 bits per heavy atom. The summed E-state index contributed by atoms with van der Waals surface area (Å²) in [6, 6.07) is 10.1. The molecule has 3 rings (SSSR count). The minimum Gasteiger partial charge on any atom is -0.374 e. The van der Waals surface area contributed by atoms with Gasteiger partial charge in [0.05, 0.1) is 12.2 Å². The lowest BCUT2D eigenvalue weighted by Crippen LogP contribution is -2.39. The van der Waals surface area contributed by atoms with Crippen LogP contribution in [0.2, 0.25) is 0 Å². The van der Waals surface area contributed by atoms with Crippen molar-refractivity contribution in [2.75, 3.05) is 18.4 Å². The van der Waals surface area contributed by atoms with Crippen LogP contribution in [-0.2, 0) is 11.3 Å². The second kappa shape index (κ2) is 7.07. The number of carbonyl (C=O) groups is 1. The molecule has 2 aromatic rings. The van der Waals surface area contributed by atoms with Crippen LogP contribution in [-0.4, -0.2) is 39.7 Å². The summed E-state index contributed by atoms with van der Waals surface area (Å²) in [4.78, 5) is 14.4. The van der Waals surface area contributed by atoms with E-state index in [1.807, 2.05) is 35.6 Å². The SMILES string of the molecule is Cc1cc(C)n(Cc2cccc(N[C@H](C)C(=O)N3CCCC3)c2)n1. The molecule has 0 bridgehead atoms. The molecule has 0 radical (unpaired) electrons. The Labute approximate surface area is 143 Å². The second-order valence-corrected chi connectivity index (χ2v) is 6.68. The van der Waals surface area contributed by atoms with E-state index >= 15 is 0 Å². The maximum absolute atomic E-state index is 12.4. The van der Waals surface area contributed by atoms with Crippen LogP contribution in [0.5, 0.6) is 0 Å². The highest BCUT2D eigenvalue weighted by Gasteiger charge is 2.22. The van der Waals surface area contributed by atoms with Crippen molar-refractivity contribution in [1.82, 2.24) is 14.7 Å². The van der Waals surface area contributed by atoms with Crippen molar-refractivity contribution < 1.29 is 4.79 Å². The van der Waals surface area contributed by atoms with Gasteiger partial charge in [-0.15, -0.1) is 0 Å². The molecule has 0 spiro atoms. The maximum Gasteiger partial charge on any atom is 0.244 e. The minimum absolute atomic E-state index is 0.191. The molecule has 1 aliphatic heterocycles. The number of carbonyl (C=O) groups excluding carboxylic acids is 1. The van der Waals surface area contributed by atoms with Crippen molar-refractivity contribution in [3.8, 4) is 0 Å². The minimum atomic E-state index is -0.202. The maximum atomic E-state index is 12.4. The van der Waals surface area contributed by atoms with Crippen LogP contribution in [0, 0.1) is 13.8 Å². The van der Waals surface area contributed by atoms with Crippen LogP contribution < -0.4 is 5.32 Å². The summed E-state index contributed by atoms with van der Waals surface area (Å²) < 4.78 is 2.01. The van der Waals surface area contributed by atoms with E-state index in [0.717, 1.165) is 49.6 Å². The number of aryl methyl sites for hydroxylation is 2. The van der Waals surface area contributed by atoms with E-state index in [0.29, 0.717) is 0 Å². The average Bonchev–Trinajstić information content (AvgIpc) is 3.17. The lowest BCUT2D eigenvalue weighted by molar-refractivity contribution is -0.130. The van der Waals surface area contributed by atoms with Crippen molar-refractivity contribution in [3.05, 3.63) is 47.3 Å². The first-order valence-corrected chi connectivity index (χ1v) is 8.68. The first kappa shape index (κ1) is 16.6. The Bertz CT molecular complexity index is 716. The molecule has 2 heterocycles. The van der Waals surface area contributed by atoms with Gasteiger partial charge in [-0.05, 0) is 57.4 Å². The smallest absolute Gasteiger partial charge is 0.244 e. The summed E-state index contributed by atoms with van der Waals surface area (Å²) >= 11 is 0. The molecule has 5 heteroatoms. The van der Waals surface area contributed by atoms with Gasteiger partial charge in [0.1, 0.15) is 6.04 Å². The van der Waals surface area contributed by atoms with E-state index in [-0.39, 0.29) is 11.9 Å². The van der Waals surface area contributed by atoms with E-state index in [9.17, 15) is 4.79 Å². The number of nitrogens with zero attached hydrogens (tertiary/aromatic N) is 3. The summed E-state index contributed by atoms with van der Waals surface area (Å²) in [6.07, 6.45) is 2.24. The van der Waals surface area contributed by atoms with Crippen LogP contribution in [0.25, 0.3) is 0 Å². The topological polar surface area (TPSA) is 50.2 Å². The monoisotopic (exact) mass is 326 g/mol. The number of amides is 1. The van der Waals surface area contributed by atoms with Crippen LogP contribution >= 0.6 is 0 Å². The molecule has 1 aromatic heterocycles. The van der Waals surface area contributed by atoms with Gasteiger partial charge in [-0.1, -0.05) is 12.1 Å². The molecule has 0 unspecified atom stereocenters. The van der Waals surface area contributed by atoms with Gasteiger partial charge in [0.15, 0.2) is 0 Å². The highest BCUT2D eigenvalue weighted by Crippen LogP contribution is 2.16. The molecule has 0 saturated carbocycles. The molecule has 1 saturated heterocycles. The normalized spacial score (nSPS) is 15.5. The van der Waals surface area contributed by atoms with Crippen molar-refractivity contribution in [2.45, 2.75) is 46.2 Å². The highest BCUT2D eigenvalue weighted by atomic mass is 16.2. The first-order valence-electron chi connectivity index (χ1n) is 8.68. The van der Waals surface area contributed by atoms with E-state index in [2.05, 4.69) is 35.5 Å². The third-order valence-corrected chi connectivity index (χ3v) is 4.53. The largest absolute Gasteiger partial charge is 0.374 e. The van der Waals surface area contributed by atoms with Crippen LogP contribution in [0.3, 0.4) is 0 Å².